The Morgan fingerprint density at radius 3 is 2.24 bits per heavy atom. The molecule has 0 fully saturated rings. The third-order valence-electron chi connectivity index (χ3n) is 4.14. The number of carbonyl (C=O) groups excluding carboxylic acids is 2. The van der Waals surface area contributed by atoms with Crippen molar-refractivity contribution in [1.82, 2.24) is 9.80 Å². The van der Waals surface area contributed by atoms with E-state index in [2.05, 4.69) is 0 Å². The van der Waals surface area contributed by atoms with E-state index >= 15 is 0 Å². The van der Waals surface area contributed by atoms with Gasteiger partial charge < -0.3 is 10.0 Å². The molecule has 1 N–H and O–H groups in total. The van der Waals surface area contributed by atoms with Gasteiger partial charge in [0.15, 0.2) is 0 Å². The first kappa shape index (κ1) is 17.0. The summed E-state index contributed by atoms with van der Waals surface area (Å²) in [7, 11) is 1.39. The average Bonchev–Trinajstić information content (AvgIpc) is 2.84. The molecule has 3 rings (SSSR count). The predicted octanol–water partition coefficient (Wildman–Crippen LogP) is 3.29. The highest BCUT2D eigenvalue weighted by Gasteiger charge is 2.41. The summed E-state index contributed by atoms with van der Waals surface area (Å²) >= 11 is 6.04. The maximum atomic E-state index is 12.8. The molecule has 6 nitrogen and oxygen atoms in total. The molecule has 2 aromatic carbocycles. The fraction of sp³-hybridized carbons (Fsp3) is 0.167. The summed E-state index contributed by atoms with van der Waals surface area (Å²) in [5.74, 6) is -0.881. The highest BCUT2D eigenvalue weighted by Crippen LogP contribution is 2.32. The van der Waals surface area contributed by atoms with Gasteiger partial charge in [0.2, 0.25) is 0 Å². The highest BCUT2D eigenvalue weighted by molar-refractivity contribution is 6.30. The molecular formula is C18H15ClN2O4. The Hall–Kier alpha value is -2.86. The zero-order chi connectivity index (χ0) is 18.1. The number of hydrogen-bond acceptors (Lipinski definition) is 3. The SMILES string of the molecule is CN(CC(c1cccc(Cl)c1)N1C(=O)c2ccccc2C1=O)C(=O)O. The van der Waals surface area contributed by atoms with E-state index in [0.29, 0.717) is 21.7 Å². The van der Waals surface area contributed by atoms with Crippen LogP contribution in [0.15, 0.2) is 48.5 Å². The van der Waals surface area contributed by atoms with Crippen molar-refractivity contribution >= 4 is 29.5 Å². The molecule has 0 bridgehead atoms. The van der Waals surface area contributed by atoms with Crippen LogP contribution in [0.5, 0.6) is 0 Å². The fourth-order valence-corrected chi connectivity index (χ4v) is 3.08. The van der Waals surface area contributed by atoms with Gasteiger partial charge in [-0.3, -0.25) is 14.5 Å². The largest absolute Gasteiger partial charge is 0.465 e. The van der Waals surface area contributed by atoms with Crippen LogP contribution in [-0.4, -0.2) is 46.4 Å². The van der Waals surface area contributed by atoms with Gasteiger partial charge in [-0.05, 0) is 29.8 Å². The van der Waals surface area contributed by atoms with Crippen LogP contribution < -0.4 is 0 Å². The van der Waals surface area contributed by atoms with Crippen LogP contribution in [0.25, 0.3) is 0 Å². The summed E-state index contributed by atoms with van der Waals surface area (Å²) in [4.78, 5) is 38.9. The number of nitrogens with zero attached hydrogens (tertiary/aromatic N) is 2. The number of amides is 3. The number of halogens is 1. The summed E-state index contributed by atoms with van der Waals surface area (Å²) in [5.41, 5.74) is 1.23. The minimum atomic E-state index is -1.15. The number of imide groups is 1. The van der Waals surface area contributed by atoms with Crippen molar-refractivity contribution in [3.63, 3.8) is 0 Å². The molecule has 0 saturated carbocycles. The molecule has 1 aliphatic rings. The third kappa shape index (κ3) is 3.08. The monoisotopic (exact) mass is 358 g/mol. The average molecular weight is 359 g/mol. The van der Waals surface area contributed by atoms with Crippen molar-refractivity contribution in [1.29, 1.82) is 0 Å². The molecule has 1 aliphatic heterocycles. The predicted molar refractivity (Wildman–Crippen MR) is 91.8 cm³/mol. The van der Waals surface area contributed by atoms with E-state index in [9.17, 15) is 19.5 Å². The van der Waals surface area contributed by atoms with Gasteiger partial charge in [-0.2, -0.15) is 0 Å². The number of benzene rings is 2. The van der Waals surface area contributed by atoms with E-state index in [0.717, 1.165) is 9.80 Å². The van der Waals surface area contributed by atoms with Crippen molar-refractivity contribution < 1.29 is 19.5 Å². The van der Waals surface area contributed by atoms with Crippen molar-refractivity contribution in [3.8, 4) is 0 Å². The van der Waals surface area contributed by atoms with Crippen LogP contribution in [0.2, 0.25) is 5.02 Å². The van der Waals surface area contributed by atoms with Crippen molar-refractivity contribution in [2.45, 2.75) is 6.04 Å². The maximum absolute atomic E-state index is 12.8. The number of hydrogen-bond donors (Lipinski definition) is 1. The van der Waals surface area contributed by atoms with Crippen LogP contribution in [0.1, 0.15) is 32.3 Å². The minimum Gasteiger partial charge on any atom is -0.465 e. The van der Waals surface area contributed by atoms with Gasteiger partial charge in [0.1, 0.15) is 0 Å². The zero-order valence-corrected chi connectivity index (χ0v) is 14.1. The molecule has 0 radical (unpaired) electrons. The second-order valence-corrected chi connectivity index (χ2v) is 6.20. The van der Waals surface area contributed by atoms with E-state index in [-0.39, 0.29) is 6.54 Å². The Morgan fingerprint density at radius 2 is 1.72 bits per heavy atom. The number of likely N-dealkylation sites (N-methyl/N-ethyl adjacent to an activating group) is 1. The molecular weight excluding hydrogens is 344 g/mol. The Labute approximate surface area is 149 Å². The van der Waals surface area contributed by atoms with Gasteiger partial charge in [-0.15, -0.1) is 0 Å². The van der Waals surface area contributed by atoms with E-state index in [1.807, 2.05) is 0 Å². The van der Waals surface area contributed by atoms with E-state index < -0.39 is 23.9 Å². The van der Waals surface area contributed by atoms with E-state index in [1.54, 1.807) is 48.5 Å². The number of carbonyl (C=O) groups is 3. The van der Waals surface area contributed by atoms with Gasteiger partial charge in [0, 0.05) is 18.6 Å². The Kier molecular flexibility index (Phi) is 4.46. The molecule has 0 aromatic heterocycles. The van der Waals surface area contributed by atoms with E-state index in [4.69, 9.17) is 11.6 Å². The lowest BCUT2D eigenvalue weighted by Crippen LogP contribution is -2.41. The lowest BCUT2D eigenvalue weighted by molar-refractivity contribution is 0.0545. The van der Waals surface area contributed by atoms with Crippen molar-refractivity contribution in [3.05, 3.63) is 70.2 Å². The van der Waals surface area contributed by atoms with Gasteiger partial charge in [-0.25, -0.2) is 4.79 Å². The van der Waals surface area contributed by atoms with Crippen molar-refractivity contribution in [2.75, 3.05) is 13.6 Å². The molecule has 7 heteroatoms. The topological polar surface area (TPSA) is 77.9 Å². The normalized spacial score (nSPS) is 14.4. The molecule has 1 heterocycles. The van der Waals surface area contributed by atoms with Gasteiger partial charge in [-0.1, -0.05) is 35.9 Å². The Morgan fingerprint density at radius 1 is 1.12 bits per heavy atom. The first-order valence-corrected chi connectivity index (χ1v) is 7.94. The van der Waals surface area contributed by atoms with Gasteiger partial charge >= 0.3 is 6.09 Å². The molecule has 1 atom stereocenters. The summed E-state index contributed by atoms with van der Waals surface area (Å²) in [5, 5.41) is 9.63. The first-order valence-electron chi connectivity index (χ1n) is 7.56. The fourth-order valence-electron chi connectivity index (χ4n) is 2.88. The molecule has 0 saturated heterocycles. The standard InChI is InChI=1S/C18H15ClN2O4/c1-20(18(24)25)10-15(11-5-4-6-12(19)9-11)21-16(22)13-7-2-3-8-14(13)17(21)23/h2-9,15H,10H2,1H3,(H,24,25). The number of rotatable bonds is 4. The van der Waals surface area contributed by atoms with Crippen LogP contribution >= 0.6 is 11.6 Å². The minimum absolute atomic E-state index is 0.0544. The quantitative estimate of drug-likeness (QED) is 0.851. The van der Waals surface area contributed by atoms with Crippen LogP contribution in [-0.2, 0) is 0 Å². The smallest absolute Gasteiger partial charge is 0.407 e. The maximum Gasteiger partial charge on any atom is 0.407 e. The second kappa shape index (κ2) is 6.57. The zero-order valence-electron chi connectivity index (χ0n) is 13.3. The van der Waals surface area contributed by atoms with Gasteiger partial charge in [0.25, 0.3) is 11.8 Å². The molecule has 128 valence electrons. The van der Waals surface area contributed by atoms with E-state index in [1.165, 1.54) is 7.05 Å². The summed E-state index contributed by atoms with van der Waals surface area (Å²) in [6, 6.07) is 12.5. The summed E-state index contributed by atoms with van der Waals surface area (Å²) in [6.45, 7) is -0.0544. The Bertz CT molecular complexity index is 833. The van der Waals surface area contributed by atoms with Crippen LogP contribution in [0.3, 0.4) is 0 Å². The molecule has 3 amide bonds. The number of carboxylic acid groups (broad SMARTS) is 1. The molecule has 0 aliphatic carbocycles. The summed E-state index contributed by atoms with van der Waals surface area (Å²) < 4.78 is 0. The highest BCUT2D eigenvalue weighted by atomic mass is 35.5. The lowest BCUT2D eigenvalue weighted by atomic mass is 10.0. The van der Waals surface area contributed by atoms with Crippen LogP contribution in [0.4, 0.5) is 4.79 Å². The first-order chi connectivity index (χ1) is 11.9. The molecule has 2 aromatic rings. The number of fused-ring (bicyclic) bond motifs is 1. The van der Waals surface area contributed by atoms with Crippen molar-refractivity contribution in [2.24, 2.45) is 0 Å². The van der Waals surface area contributed by atoms with Gasteiger partial charge in [0.05, 0.1) is 17.2 Å². The van der Waals surface area contributed by atoms with Crippen LogP contribution in [0, 0.1) is 0 Å². The Balaban J connectivity index is 2.05. The molecule has 25 heavy (non-hydrogen) atoms. The second-order valence-electron chi connectivity index (χ2n) is 5.76. The lowest BCUT2D eigenvalue weighted by Gasteiger charge is -2.29. The molecule has 0 spiro atoms. The molecule has 1 unspecified atom stereocenters. The summed E-state index contributed by atoms with van der Waals surface area (Å²) in [6.07, 6.45) is -1.15. The third-order valence-corrected chi connectivity index (χ3v) is 4.38.